The van der Waals surface area contributed by atoms with Gasteiger partial charge in [0.1, 0.15) is 23.1 Å². The van der Waals surface area contributed by atoms with Crippen LogP contribution in [-0.4, -0.2) is 48.0 Å². The largest absolute Gasteiger partial charge is 0.493 e. The third kappa shape index (κ3) is 4.26. The molecule has 1 aromatic heterocycles. The molecule has 3 aromatic rings. The van der Waals surface area contributed by atoms with Crippen molar-refractivity contribution < 1.29 is 27.8 Å². The zero-order valence-electron chi connectivity index (χ0n) is 17.7. The maximum Gasteiger partial charge on any atom is 0.262 e. The van der Waals surface area contributed by atoms with Gasteiger partial charge in [-0.05, 0) is 30.3 Å². The summed E-state index contributed by atoms with van der Waals surface area (Å²) in [5, 5.41) is 3.01. The van der Waals surface area contributed by atoms with Crippen molar-refractivity contribution in [2.45, 2.75) is 0 Å². The lowest BCUT2D eigenvalue weighted by atomic mass is 9.99. The SMILES string of the molecule is O=C1COc2cc(F)c(C(=O)N3CC(COc4ccc(Cl)cc4-c4ccncc4F)C3)cc2N1. The second-order valence-electron chi connectivity index (χ2n) is 8.05. The number of carbonyl (C=O) groups excluding carboxylic acids is 2. The number of halogens is 3. The highest BCUT2D eigenvalue weighted by Crippen LogP contribution is 2.35. The van der Waals surface area contributed by atoms with Gasteiger partial charge >= 0.3 is 0 Å². The first kappa shape index (κ1) is 22.1. The molecule has 0 bridgehead atoms. The first-order valence-electron chi connectivity index (χ1n) is 10.5. The van der Waals surface area contributed by atoms with Crippen molar-refractivity contribution in [1.82, 2.24) is 9.88 Å². The molecular formula is C24H18ClF2N3O4. The van der Waals surface area contributed by atoms with Crippen LogP contribution in [-0.2, 0) is 4.79 Å². The number of aromatic nitrogens is 1. The molecule has 5 rings (SSSR count). The number of nitrogens with zero attached hydrogens (tertiary/aromatic N) is 2. The number of pyridine rings is 1. The van der Waals surface area contributed by atoms with E-state index in [1.54, 1.807) is 18.2 Å². The molecule has 1 fully saturated rings. The summed E-state index contributed by atoms with van der Waals surface area (Å²) < 4.78 is 39.8. The summed E-state index contributed by atoms with van der Waals surface area (Å²) in [4.78, 5) is 29.5. The second-order valence-corrected chi connectivity index (χ2v) is 8.48. The average molecular weight is 486 g/mol. The standard InChI is InChI=1S/C24H18ClF2N3O4/c25-14-1-2-21(16(5-14)15-3-4-28-8-19(15)27)33-11-13-9-30(10-13)24(32)17-6-20-22(7-18(17)26)34-12-23(31)29-20/h1-8,13H,9-12H2,(H,29,31). The monoisotopic (exact) mass is 485 g/mol. The molecule has 1 N–H and O–H groups in total. The van der Waals surface area contributed by atoms with Gasteiger partial charge in [-0.25, -0.2) is 8.78 Å². The number of amides is 2. The molecule has 0 unspecified atom stereocenters. The van der Waals surface area contributed by atoms with Gasteiger partial charge in [-0.1, -0.05) is 11.6 Å². The van der Waals surface area contributed by atoms with Crippen LogP contribution in [0, 0.1) is 17.6 Å². The Labute approximate surface area is 198 Å². The van der Waals surface area contributed by atoms with Gasteiger partial charge < -0.3 is 19.7 Å². The van der Waals surface area contributed by atoms with Gasteiger partial charge in [0, 0.05) is 47.4 Å². The summed E-state index contributed by atoms with van der Waals surface area (Å²) in [6.45, 7) is 0.813. The minimum Gasteiger partial charge on any atom is -0.493 e. The van der Waals surface area contributed by atoms with Crippen LogP contribution in [0.5, 0.6) is 11.5 Å². The summed E-state index contributed by atoms with van der Waals surface area (Å²) in [6.07, 6.45) is 2.60. The Kier molecular flexibility index (Phi) is 5.79. The Morgan fingerprint density at radius 1 is 1.18 bits per heavy atom. The maximum absolute atomic E-state index is 14.5. The molecule has 0 spiro atoms. The van der Waals surface area contributed by atoms with E-state index in [1.165, 1.54) is 23.2 Å². The number of hydrogen-bond donors (Lipinski definition) is 1. The molecule has 0 saturated carbocycles. The number of likely N-dealkylation sites (tertiary alicyclic amines) is 1. The predicted octanol–water partition coefficient (Wildman–Crippen LogP) is 4.16. The first-order valence-corrected chi connectivity index (χ1v) is 10.8. The highest BCUT2D eigenvalue weighted by molar-refractivity contribution is 6.31. The second kappa shape index (κ2) is 8.90. The molecule has 1 saturated heterocycles. The lowest BCUT2D eigenvalue weighted by Gasteiger charge is -2.39. The number of ether oxygens (including phenoxy) is 2. The summed E-state index contributed by atoms with van der Waals surface area (Å²) in [6, 6.07) is 8.86. The molecule has 10 heteroatoms. The maximum atomic E-state index is 14.5. The van der Waals surface area contributed by atoms with Crippen LogP contribution in [0.3, 0.4) is 0 Å². The fourth-order valence-electron chi connectivity index (χ4n) is 3.92. The molecule has 2 aromatic carbocycles. The van der Waals surface area contributed by atoms with E-state index in [9.17, 15) is 18.4 Å². The van der Waals surface area contributed by atoms with E-state index >= 15 is 0 Å². The van der Waals surface area contributed by atoms with Crippen molar-refractivity contribution in [3.8, 4) is 22.6 Å². The molecule has 2 amide bonds. The number of carbonyl (C=O) groups is 2. The van der Waals surface area contributed by atoms with E-state index in [0.717, 1.165) is 12.3 Å². The van der Waals surface area contributed by atoms with Crippen molar-refractivity contribution in [2.75, 3.05) is 31.6 Å². The number of fused-ring (bicyclic) bond motifs is 1. The van der Waals surface area contributed by atoms with Gasteiger partial charge in [-0.3, -0.25) is 14.6 Å². The predicted molar refractivity (Wildman–Crippen MR) is 120 cm³/mol. The molecular weight excluding hydrogens is 468 g/mol. The lowest BCUT2D eigenvalue weighted by molar-refractivity contribution is -0.118. The molecule has 34 heavy (non-hydrogen) atoms. The Morgan fingerprint density at radius 3 is 2.79 bits per heavy atom. The smallest absolute Gasteiger partial charge is 0.262 e. The molecule has 2 aliphatic rings. The van der Waals surface area contributed by atoms with Gasteiger partial charge in [-0.15, -0.1) is 0 Å². The van der Waals surface area contributed by atoms with Gasteiger partial charge in [0.25, 0.3) is 11.8 Å². The van der Waals surface area contributed by atoms with Gasteiger partial charge in [-0.2, -0.15) is 0 Å². The summed E-state index contributed by atoms with van der Waals surface area (Å²) in [7, 11) is 0. The van der Waals surface area contributed by atoms with E-state index in [2.05, 4.69) is 10.3 Å². The molecule has 0 aliphatic carbocycles. The lowest BCUT2D eigenvalue weighted by Crippen LogP contribution is -2.52. The number of benzene rings is 2. The van der Waals surface area contributed by atoms with Crippen LogP contribution >= 0.6 is 11.6 Å². The van der Waals surface area contributed by atoms with Gasteiger partial charge in [0.2, 0.25) is 0 Å². The molecule has 0 atom stereocenters. The minimum atomic E-state index is -0.718. The van der Waals surface area contributed by atoms with Crippen LogP contribution < -0.4 is 14.8 Å². The molecule has 174 valence electrons. The van der Waals surface area contributed by atoms with Gasteiger partial charge in [0.05, 0.1) is 24.1 Å². The van der Waals surface area contributed by atoms with Crippen molar-refractivity contribution >= 4 is 29.1 Å². The van der Waals surface area contributed by atoms with E-state index in [1.807, 2.05) is 0 Å². The van der Waals surface area contributed by atoms with E-state index < -0.39 is 17.5 Å². The fraction of sp³-hybridized carbons (Fsp3) is 0.208. The van der Waals surface area contributed by atoms with Crippen molar-refractivity contribution in [2.24, 2.45) is 5.92 Å². The first-order chi connectivity index (χ1) is 16.4. The number of rotatable bonds is 5. The molecule has 0 radical (unpaired) electrons. The third-order valence-electron chi connectivity index (χ3n) is 5.66. The molecule has 7 nitrogen and oxygen atoms in total. The fourth-order valence-corrected chi connectivity index (χ4v) is 4.09. The number of anilines is 1. The summed E-state index contributed by atoms with van der Waals surface area (Å²) in [5.74, 6) is -1.41. The molecule has 3 heterocycles. The highest BCUT2D eigenvalue weighted by Gasteiger charge is 2.34. The normalized spacial score (nSPS) is 15.1. The Morgan fingerprint density at radius 2 is 2.00 bits per heavy atom. The van der Waals surface area contributed by atoms with E-state index in [0.29, 0.717) is 35.0 Å². The average Bonchev–Trinajstić information content (AvgIpc) is 2.79. The summed E-state index contributed by atoms with van der Waals surface area (Å²) >= 11 is 6.10. The highest BCUT2D eigenvalue weighted by atomic mass is 35.5. The van der Waals surface area contributed by atoms with Crippen LogP contribution in [0.1, 0.15) is 10.4 Å². The van der Waals surface area contributed by atoms with E-state index in [4.69, 9.17) is 21.1 Å². The zero-order chi connectivity index (χ0) is 23.8. The number of hydrogen-bond acceptors (Lipinski definition) is 5. The Bertz CT molecular complexity index is 1300. The summed E-state index contributed by atoms with van der Waals surface area (Å²) in [5.41, 5.74) is 0.939. The number of nitrogens with one attached hydrogen (secondary N) is 1. The van der Waals surface area contributed by atoms with Crippen molar-refractivity contribution in [3.63, 3.8) is 0 Å². The van der Waals surface area contributed by atoms with Gasteiger partial charge in [0.15, 0.2) is 6.61 Å². The molecule has 2 aliphatic heterocycles. The topological polar surface area (TPSA) is 80.8 Å². The van der Waals surface area contributed by atoms with Crippen molar-refractivity contribution in [3.05, 3.63) is 71.0 Å². The Balaban J connectivity index is 1.24. The third-order valence-corrected chi connectivity index (χ3v) is 5.89. The zero-order valence-corrected chi connectivity index (χ0v) is 18.4. The quantitative estimate of drug-likeness (QED) is 0.587. The van der Waals surface area contributed by atoms with Crippen LogP contribution in [0.25, 0.3) is 11.1 Å². The van der Waals surface area contributed by atoms with Crippen molar-refractivity contribution in [1.29, 1.82) is 0 Å². The Hall–Kier alpha value is -3.72. The van der Waals surface area contributed by atoms with Crippen LogP contribution in [0.2, 0.25) is 5.02 Å². The van der Waals surface area contributed by atoms with E-state index in [-0.39, 0.29) is 42.0 Å². The van der Waals surface area contributed by atoms with Crippen LogP contribution in [0.15, 0.2) is 48.8 Å². The minimum absolute atomic E-state index is 0.0125. The van der Waals surface area contributed by atoms with Crippen LogP contribution in [0.4, 0.5) is 14.5 Å².